The standard InChI is InChI=1S/C18H21N7OS/c1-10-5-3-6-11(2)15(10)20-14(26)9-27-18-24-23-17(25(18)19)16-12-7-4-8-13(12)21-22-16/h3,5-6H,4,7-9,19H2,1-2H3,(H,20,26)(H,21,22). The number of nitrogens with zero attached hydrogens (tertiary/aromatic N) is 4. The lowest BCUT2D eigenvalue weighted by Gasteiger charge is -2.11. The van der Waals surface area contributed by atoms with Crippen molar-refractivity contribution in [3.63, 3.8) is 0 Å². The van der Waals surface area contributed by atoms with E-state index in [1.807, 2.05) is 32.0 Å². The Hall–Kier alpha value is -2.81. The first-order chi connectivity index (χ1) is 13.0. The van der Waals surface area contributed by atoms with E-state index in [2.05, 4.69) is 25.7 Å². The molecule has 4 N–H and O–H groups in total. The number of carbonyl (C=O) groups is 1. The maximum atomic E-state index is 12.3. The first-order valence-corrected chi connectivity index (χ1v) is 9.79. The Morgan fingerprint density at radius 1 is 1.30 bits per heavy atom. The number of anilines is 1. The number of aromatic nitrogens is 5. The SMILES string of the molecule is Cc1cccc(C)c1NC(=O)CSc1nnc(-c2n[nH]c3c2CCC3)n1N. The molecule has 9 heteroatoms. The number of nitrogens with one attached hydrogen (secondary N) is 2. The molecule has 1 aliphatic rings. The summed E-state index contributed by atoms with van der Waals surface area (Å²) in [7, 11) is 0. The van der Waals surface area contributed by atoms with Crippen LogP contribution in [0, 0.1) is 13.8 Å². The van der Waals surface area contributed by atoms with E-state index in [-0.39, 0.29) is 11.7 Å². The van der Waals surface area contributed by atoms with Gasteiger partial charge in [-0.2, -0.15) is 5.10 Å². The van der Waals surface area contributed by atoms with Crippen LogP contribution in [0.5, 0.6) is 0 Å². The summed E-state index contributed by atoms with van der Waals surface area (Å²) < 4.78 is 1.41. The van der Waals surface area contributed by atoms with Crippen LogP contribution in [-0.2, 0) is 17.6 Å². The van der Waals surface area contributed by atoms with Gasteiger partial charge >= 0.3 is 0 Å². The summed E-state index contributed by atoms with van der Waals surface area (Å²) in [5, 5.41) is 19.1. The molecule has 3 aromatic rings. The predicted molar refractivity (Wildman–Crippen MR) is 105 cm³/mol. The van der Waals surface area contributed by atoms with E-state index in [4.69, 9.17) is 5.84 Å². The number of aryl methyl sites for hydroxylation is 3. The predicted octanol–water partition coefficient (Wildman–Crippen LogP) is 2.22. The zero-order chi connectivity index (χ0) is 19.0. The molecule has 0 atom stereocenters. The third-order valence-electron chi connectivity index (χ3n) is 4.76. The zero-order valence-electron chi connectivity index (χ0n) is 15.2. The average Bonchev–Trinajstić information content (AvgIpc) is 3.33. The second-order valence-corrected chi connectivity index (χ2v) is 7.61. The van der Waals surface area contributed by atoms with Crippen molar-refractivity contribution in [3.8, 4) is 11.5 Å². The Labute approximate surface area is 160 Å². The third-order valence-corrected chi connectivity index (χ3v) is 5.70. The highest BCUT2D eigenvalue weighted by Crippen LogP contribution is 2.30. The molecule has 0 fully saturated rings. The summed E-state index contributed by atoms with van der Waals surface area (Å²) in [6.45, 7) is 3.95. The zero-order valence-corrected chi connectivity index (χ0v) is 16.1. The van der Waals surface area contributed by atoms with Gasteiger partial charge < -0.3 is 11.2 Å². The molecule has 1 aromatic carbocycles. The largest absolute Gasteiger partial charge is 0.335 e. The quantitative estimate of drug-likeness (QED) is 0.460. The number of nitrogen functional groups attached to an aromatic ring is 1. The van der Waals surface area contributed by atoms with Crippen LogP contribution in [0.3, 0.4) is 0 Å². The Balaban J connectivity index is 1.45. The number of fused-ring (bicyclic) bond motifs is 1. The number of nitrogens with two attached hydrogens (primary N) is 1. The number of benzene rings is 1. The van der Waals surface area contributed by atoms with Crippen molar-refractivity contribution >= 4 is 23.4 Å². The number of hydrogen-bond donors (Lipinski definition) is 3. The number of H-pyrrole nitrogens is 1. The van der Waals surface area contributed by atoms with Crippen molar-refractivity contribution in [1.82, 2.24) is 25.1 Å². The summed E-state index contributed by atoms with van der Waals surface area (Å²) in [6, 6.07) is 5.92. The van der Waals surface area contributed by atoms with E-state index in [0.717, 1.165) is 47.5 Å². The first-order valence-electron chi connectivity index (χ1n) is 8.80. The molecule has 0 spiro atoms. The van der Waals surface area contributed by atoms with E-state index in [0.29, 0.717) is 11.0 Å². The second kappa shape index (κ2) is 7.07. The van der Waals surface area contributed by atoms with Gasteiger partial charge in [0.05, 0.1) is 5.75 Å². The summed E-state index contributed by atoms with van der Waals surface area (Å²) >= 11 is 1.25. The lowest BCUT2D eigenvalue weighted by Crippen LogP contribution is -2.17. The van der Waals surface area contributed by atoms with Crippen LogP contribution < -0.4 is 11.2 Å². The molecule has 0 radical (unpaired) electrons. The maximum absolute atomic E-state index is 12.3. The number of para-hydroxylation sites is 1. The van der Waals surface area contributed by atoms with Gasteiger partial charge in [-0.3, -0.25) is 9.89 Å². The third kappa shape index (κ3) is 3.30. The van der Waals surface area contributed by atoms with Crippen molar-refractivity contribution in [2.75, 3.05) is 16.9 Å². The van der Waals surface area contributed by atoms with Crippen molar-refractivity contribution < 1.29 is 4.79 Å². The van der Waals surface area contributed by atoms with Crippen LogP contribution in [0.4, 0.5) is 5.69 Å². The molecule has 0 unspecified atom stereocenters. The molecule has 8 nitrogen and oxygen atoms in total. The molecule has 0 aliphatic heterocycles. The molecule has 4 rings (SSSR count). The number of amides is 1. The molecule has 0 bridgehead atoms. The summed E-state index contributed by atoms with van der Waals surface area (Å²) in [5.74, 6) is 6.77. The summed E-state index contributed by atoms with van der Waals surface area (Å²) in [5.41, 5.74) is 5.98. The van der Waals surface area contributed by atoms with E-state index < -0.39 is 0 Å². The minimum atomic E-state index is -0.109. The molecule has 2 aromatic heterocycles. The van der Waals surface area contributed by atoms with Crippen molar-refractivity contribution in [2.24, 2.45) is 0 Å². The van der Waals surface area contributed by atoms with Gasteiger partial charge in [0.15, 0.2) is 0 Å². The normalized spacial score (nSPS) is 13.0. The lowest BCUT2D eigenvalue weighted by molar-refractivity contribution is -0.113. The Morgan fingerprint density at radius 2 is 2.07 bits per heavy atom. The van der Waals surface area contributed by atoms with Crippen molar-refractivity contribution in [3.05, 3.63) is 40.6 Å². The fourth-order valence-corrected chi connectivity index (χ4v) is 4.01. The van der Waals surface area contributed by atoms with Crippen LogP contribution in [0.25, 0.3) is 11.5 Å². The maximum Gasteiger partial charge on any atom is 0.234 e. The molecule has 0 saturated carbocycles. The molecule has 2 heterocycles. The molecular weight excluding hydrogens is 362 g/mol. The van der Waals surface area contributed by atoms with Crippen LogP contribution >= 0.6 is 11.8 Å². The number of rotatable bonds is 5. The molecular formula is C18H21N7OS. The van der Waals surface area contributed by atoms with Crippen LogP contribution in [0.2, 0.25) is 0 Å². The van der Waals surface area contributed by atoms with Gasteiger partial charge in [0.2, 0.25) is 16.9 Å². The minimum absolute atomic E-state index is 0.109. The van der Waals surface area contributed by atoms with Gasteiger partial charge in [-0.1, -0.05) is 30.0 Å². The molecule has 140 valence electrons. The number of aromatic amines is 1. The van der Waals surface area contributed by atoms with Crippen molar-refractivity contribution in [1.29, 1.82) is 0 Å². The highest BCUT2D eigenvalue weighted by molar-refractivity contribution is 7.99. The topological polar surface area (TPSA) is 115 Å². The van der Waals surface area contributed by atoms with Gasteiger partial charge in [0, 0.05) is 16.9 Å². The average molecular weight is 383 g/mol. The van der Waals surface area contributed by atoms with Gasteiger partial charge in [0.1, 0.15) is 5.69 Å². The number of thioether (sulfide) groups is 1. The van der Waals surface area contributed by atoms with Crippen LogP contribution in [0.1, 0.15) is 28.8 Å². The second-order valence-electron chi connectivity index (χ2n) is 6.66. The van der Waals surface area contributed by atoms with Crippen LogP contribution in [0.15, 0.2) is 23.4 Å². The van der Waals surface area contributed by atoms with E-state index in [1.165, 1.54) is 22.0 Å². The monoisotopic (exact) mass is 383 g/mol. The molecule has 1 aliphatic carbocycles. The van der Waals surface area contributed by atoms with E-state index in [1.54, 1.807) is 0 Å². The number of hydrogen-bond acceptors (Lipinski definition) is 6. The van der Waals surface area contributed by atoms with Crippen LogP contribution in [-0.4, -0.2) is 36.7 Å². The Morgan fingerprint density at radius 3 is 2.85 bits per heavy atom. The number of carbonyl (C=O) groups excluding carboxylic acids is 1. The smallest absolute Gasteiger partial charge is 0.234 e. The highest BCUT2D eigenvalue weighted by Gasteiger charge is 2.24. The lowest BCUT2D eigenvalue weighted by atomic mass is 10.1. The Kier molecular flexibility index (Phi) is 4.61. The minimum Gasteiger partial charge on any atom is -0.335 e. The summed E-state index contributed by atoms with van der Waals surface area (Å²) in [6.07, 6.45) is 3.07. The first kappa shape index (κ1) is 17.6. The summed E-state index contributed by atoms with van der Waals surface area (Å²) in [4.78, 5) is 12.3. The van der Waals surface area contributed by atoms with E-state index >= 15 is 0 Å². The van der Waals surface area contributed by atoms with Gasteiger partial charge in [-0.05, 0) is 44.2 Å². The fourth-order valence-electron chi connectivity index (χ4n) is 3.36. The molecule has 27 heavy (non-hydrogen) atoms. The molecule has 0 saturated heterocycles. The fraction of sp³-hybridized carbons (Fsp3) is 0.333. The Bertz CT molecular complexity index is 987. The highest BCUT2D eigenvalue weighted by atomic mass is 32.2. The molecule has 1 amide bonds. The van der Waals surface area contributed by atoms with Gasteiger partial charge in [0.25, 0.3) is 0 Å². The van der Waals surface area contributed by atoms with Gasteiger partial charge in [-0.25, -0.2) is 4.68 Å². The van der Waals surface area contributed by atoms with Crippen molar-refractivity contribution in [2.45, 2.75) is 38.3 Å². The van der Waals surface area contributed by atoms with Gasteiger partial charge in [-0.15, -0.1) is 10.2 Å². The van der Waals surface area contributed by atoms with E-state index in [9.17, 15) is 4.79 Å².